The third-order valence-corrected chi connectivity index (χ3v) is 2.64. The van der Waals surface area contributed by atoms with Crippen LogP contribution in [0.2, 0.25) is 0 Å². The second-order valence-corrected chi connectivity index (χ2v) is 4.43. The van der Waals surface area contributed by atoms with Crippen LogP contribution in [-0.2, 0) is 0 Å². The first-order chi connectivity index (χ1) is 7.27. The molecule has 90 valence electrons. The van der Waals surface area contributed by atoms with Crippen molar-refractivity contribution >= 4 is 0 Å². The van der Waals surface area contributed by atoms with Gasteiger partial charge >= 0.3 is 0 Å². The van der Waals surface area contributed by atoms with Crippen molar-refractivity contribution < 1.29 is 5.11 Å². The smallest absolute Gasteiger partial charge is 0.0692 e. The van der Waals surface area contributed by atoms with E-state index in [2.05, 4.69) is 13.0 Å². The molecule has 0 heterocycles. The lowest BCUT2D eigenvalue weighted by Crippen LogP contribution is -1.91. The molecule has 1 atom stereocenters. The van der Waals surface area contributed by atoms with Crippen molar-refractivity contribution in [1.82, 2.24) is 0 Å². The molecule has 1 heteroatoms. The molecule has 0 fully saturated rings. The van der Waals surface area contributed by atoms with Crippen LogP contribution in [0.3, 0.4) is 0 Å². The maximum Gasteiger partial charge on any atom is 0.0692 e. The molecular weight excluding hydrogens is 184 g/mol. The average Bonchev–Trinajstić information content (AvgIpc) is 2.20. The van der Waals surface area contributed by atoms with Crippen LogP contribution < -0.4 is 0 Å². The topological polar surface area (TPSA) is 20.2 Å². The van der Waals surface area contributed by atoms with E-state index in [1.54, 1.807) is 6.92 Å². The van der Waals surface area contributed by atoms with Crippen LogP contribution in [0.25, 0.3) is 0 Å². The predicted octanol–water partition coefficient (Wildman–Crippen LogP) is 4.45. The van der Waals surface area contributed by atoms with Crippen molar-refractivity contribution in [2.75, 3.05) is 0 Å². The van der Waals surface area contributed by atoms with E-state index in [-0.39, 0.29) is 6.10 Å². The number of unbranched alkanes of at least 4 members (excludes halogenated alkanes) is 8. The minimum atomic E-state index is -0.279. The molecule has 0 aromatic heterocycles. The monoisotopic (exact) mass is 212 g/mol. The maximum atomic E-state index is 8.99. The van der Waals surface area contributed by atoms with Crippen LogP contribution in [0.15, 0.2) is 12.2 Å². The van der Waals surface area contributed by atoms with Crippen LogP contribution in [-0.4, -0.2) is 11.2 Å². The highest BCUT2D eigenvalue weighted by Gasteiger charge is 1.90. The van der Waals surface area contributed by atoms with Crippen molar-refractivity contribution in [2.24, 2.45) is 0 Å². The van der Waals surface area contributed by atoms with E-state index in [1.807, 2.05) is 6.08 Å². The molecule has 0 aromatic rings. The zero-order chi connectivity index (χ0) is 11.4. The highest BCUT2D eigenvalue weighted by atomic mass is 16.3. The van der Waals surface area contributed by atoms with Crippen molar-refractivity contribution in [1.29, 1.82) is 0 Å². The lowest BCUT2D eigenvalue weighted by atomic mass is 10.1. The Bertz CT molecular complexity index is 138. The molecule has 0 saturated heterocycles. The van der Waals surface area contributed by atoms with E-state index in [4.69, 9.17) is 5.11 Å². The molecule has 0 radical (unpaired) electrons. The summed E-state index contributed by atoms with van der Waals surface area (Å²) < 4.78 is 0. The molecule has 1 N–H and O–H groups in total. The summed E-state index contributed by atoms with van der Waals surface area (Å²) in [5.41, 5.74) is 0. The third kappa shape index (κ3) is 13.7. The Kier molecular flexibility index (Phi) is 11.5. The Hall–Kier alpha value is -0.300. The van der Waals surface area contributed by atoms with Gasteiger partial charge in [0.1, 0.15) is 0 Å². The quantitative estimate of drug-likeness (QED) is 0.419. The summed E-state index contributed by atoms with van der Waals surface area (Å²) in [4.78, 5) is 0. The molecule has 1 nitrogen and oxygen atoms in total. The minimum absolute atomic E-state index is 0.279. The van der Waals surface area contributed by atoms with Crippen LogP contribution in [0.4, 0.5) is 0 Å². The number of allylic oxidation sites excluding steroid dienone is 1. The molecule has 0 bridgehead atoms. The van der Waals surface area contributed by atoms with E-state index in [0.29, 0.717) is 0 Å². The highest BCUT2D eigenvalue weighted by Crippen LogP contribution is 2.09. The van der Waals surface area contributed by atoms with Crippen molar-refractivity contribution in [3.8, 4) is 0 Å². The SMILES string of the molecule is CCCCCCCCCC/C=C/C(C)O. The lowest BCUT2D eigenvalue weighted by Gasteiger charge is -2.00. The van der Waals surface area contributed by atoms with E-state index >= 15 is 0 Å². The molecule has 0 aromatic carbocycles. The van der Waals surface area contributed by atoms with Crippen molar-refractivity contribution in [2.45, 2.75) is 77.7 Å². The zero-order valence-electron chi connectivity index (χ0n) is 10.5. The van der Waals surface area contributed by atoms with Gasteiger partial charge in [0.2, 0.25) is 0 Å². The average molecular weight is 212 g/mol. The van der Waals surface area contributed by atoms with Crippen molar-refractivity contribution in [3.05, 3.63) is 12.2 Å². The number of aliphatic hydroxyl groups is 1. The van der Waals surface area contributed by atoms with E-state index in [9.17, 15) is 0 Å². The molecule has 0 aliphatic rings. The van der Waals surface area contributed by atoms with Gasteiger partial charge in [-0.3, -0.25) is 0 Å². The first kappa shape index (κ1) is 14.7. The van der Waals surface area contributed by atoms with Gasteiger partial charge in [0, 0.05) is 0 Å². The van der Waals surface area contributed by atoms with E-state index < -0.39 is 0 Å². The summed E-state index contributed by atoms with van der Waals surface area (Å²) in [6, 6.07) is 0. The molecule has 0 aliphatic carbocycles. The minimum Gasteiger partial charge on any atom is -0.389 e. The molecule has 0 spiro atoms. The first-order valence-electron chi connectivity index (χ1n) is 6.62. The first-order valence-corrected chi connectivity index (χ1v) is 6.62. The van der Waals surface area contributed by atoms with Gasteiger partial charge in [-0.05, 0) is 19.8 Å². The number of hydrogen-bond acceptors (Lipinski definition) is 1. The third-order valence-electron chi connectivity index (χ3n) is 2.64. The van der Waals surface area contributed by atoms with Gasteiger partial charge in [0.15, 0.2) is 0 Å². The molecule has 0 amide bonds. The van der Waals surface area contributed by atoms with Gasteiger partial charge in [-0.2, -0.15) is 0 Å². The number of hydrogen-bond donors (Lipinski definition) is 1. The zero-order valence-corrected chi connectivity index (χ0v) is 10.5. The molecule has 1 unspecified atom stereocenters. The summed E-state index contributed by atoms with van der Waals surface area (Å²) in [6.45, 7) is 4.05. The van der Waals surface area contributed by atoms with Gasteiger partial charge < -0.3 is 5.11 Å². The van der Waals surface area contributed by atoms with Crippen LogP contribution in [0.5, 0.6) is 0 Å². The van der Waals surface area contributed by atoms with E-state index in [0.717, 1.165) is 6.42 Å². The normalized spacial score (nSPS) is 13.5. The predicted molar refractivity (Wildman–Crippen MR) is 68.0 cm³/mol. The Labute approximate surface area is 95.6 Å². The van der Waals surface area contributed by atoms with Gasteiger partial charge in [-0.1, -0.05) is 64.0 Å². The summed E-state index contributed by atoms with van der Waals surface area (Å²) >= 11 is 0. The fraction of sp³-hybridized carbons (Fsp3) is 0.857. The standard InChI is InChI=1S/C14H28O/c1-3-4-5-6-7-8-9-10-11-12-13-14(2)15/h12-15H,3-11H2,1-2H3/b13-12+. The molecule has 0 rings (SSSR count). The lowest BCUT2D eigenvalue weighted by molar-refractivity contribution is 0.244. The summed E-state index contributed by atoms with van der Waals surface area (Å²) in [6.07, 6.45) is 15.8. The molecule has 0 aliphatic heterocycles. The second-order valence-electron chi connectivity index (χ2n) is 4.43. The Morgan fingerprint density at radius 3 is 2.00 bits per heavy atom. The van der Waals surface area contributed by atoms with Crippen LogP contribution >= 0.6 is 0 Å². The summed E-state index contributed by atoms with van der Waals surface area (Å²) in [5.74, 6) is 0. The number of rotatable bonds is 10. The largest absolute Gasteiger partial charge is 0.389 e. The number of aliphatic hydroxyl groups excluding tert-OH is 1. The Balaban J connectivity index is 2.99. The van der Waals surface area contributed by atoms with Crippen LogP contribution in [0.1, 0.15) is 71.6 Å². The van der Waals surface area contributed by atoms with E-state index in [1.165, 1.54) is 51.4 Å². The fourth-order valence-electron chi connectivity index (χ4n) is 1.69. The molecule has 0 saturated carbocycles. The van der Waals surface area contributed by atoms with Gasteiger partial charge in [0.25, 0.3) is 0 Å². The van der Waals surface area contributed by atoms with Gasteiger partial charge in [0.05, 0.1) is 6.10 Å². The van der Waals surface area contributed by atoms with Gasteiger partial charge in [-0.25, -0.2) is 0 Å². The summed E-state index contributed by atoms with van der Waals surface area (Å²) in [7, 11) is 0. The van der Waals surface area contributed by atoms with Gasteiger partial charge in [-0.15, -0.1) is 0 Å². The molecule has 15 heavy (non-hydrogen) atoms. The molecular formula is C14H28O. The maximum absolute atomic E-state index is 8.99. The second kappa shape index (κ2) is 11.8. The fourth-order valence-corrected chi connectivity index (χ4v) is 1.69. The Morgan fingerprint density at radius 2 is 1.47 bits per heavy atom. The highest BCUT2D eigenvalue weighted by molar-refractivity contribution is 4.85. The van der Waals surface area contributed by atoms with Crippen molar-refractivity contribution in [3.63, 3.8) is 0 Å². The summed E-state index contributed by atoms with van der Waals surface area (Å²) in [5, 5.41) is 8.99. The van der Waals surface area contributed by atoms with Crippen LogP contribution in [0, 0.1) is 0 Å². The Morgan fingerprint density at radius 1 is 0.933 bits per heavy atom.